The number of nitro benzene ring substituents is 1. The topological polar surface area (TPSA) is 63.5 Å². The summed E-state index contributed by atoms with van der Waals surface area (Å²) >= 11 is 3.40. The first-order valence-electron chi connectivity index (χ1n) is 7.46. The van der Waals surface area contributed by atoms with Crippen LogP contribution in [-0.4, -0.2) is 10.8 Å². The molecule has 0 spiro atoms. The number of benzene rings is 3. The number of nitrogens with zero attached hydrogens (tertiary/aromatic N) is 2. The minimum absolute atomic E-state index is 0.0231. The molecule has 0 saturated carbocycles. The average molecular weight is 397 g/mol. The molecular formula is C19H13BrN2O3. The van der Waals surface area contributed by atoms with Gasteiger partial charge in [-0.1, -0.05) is 30.3 Å². The fourth-order valence-electron chi connectivity index (χ4n) is 2.44. The number of hydrogen-bond donors (Lipinski definition) is 0. The molecule has 0 aliphatic carbocycles. The maximum atomic E-state index is 13.1. The van der Waals surface area contributed by atoms with Crippen LogP contribution in [0.5, 0.6) is 0 Å². The Balaban J connectivity index is 2.09. The molecule has 0 saturated heterocycles. The number of amides is 1. The van der Waals surface area contributed by atoms with Gasteiger partial charge >= 0.3 is 0 Å². The van der Waals surface area contributed by atoms with Crippen LogP contribution >= 0.6 is 15.9 Å². The molecule has 25 heavy (non-hydrogen) atoms. The first-order chi connectivity index (χ1) is 12.1. The summed E-state index contributed by atoms with van der Waals surface area (Å²) in [5, 5.41) is 10.9. The predicted molar refractivity (Wildman–Crippen MR) is 100 cm³/mol. The third kappa shape index (κ3) is 3.59. The predicted octanol–water partition coefficient (Wildman–Crippen LogP) is 5.34. The summed E-state index contributed by atoms with van der Waals surface area (Å²) in [6.07, 6.45) is 0. The van der Waals surface area contributed by atoms with Crippen LogP contribution in [-0.2, 0) is 0 Å². The van der Waals surface area contributed by atoms with Crippen molar-refractivity contribution < 1.29 is 9.72 Å². The molecule has 3 rings (SSSR count). The summed E-state index contributed by atoms with van der Waals surface area (Å²) < 4.78 is 0.683. The van der Waals surface area contributed by atoms with Gasteiger partial charge < -0.3 is 0 Å². The van der Waals surface area contributed by atoms with Crippen LogP contribution in [0, 0.1) is 10.1 Å². The molecule has 3 aromatic rings. The standard InChI is InChI=1S/C19H13BrN2O3/c20-18-9-5-4-8-17(18)19(23)21(14-6-2-1-3-7-14)15-10-12-16(13-11-15)22(24)25/h1-13H. The number of anilines is 2. The smallest absolute Gasteiger partial charge is 0.269 e. The summed E-state index contributed by atoms with van der Waals surface area (Å²) in [4.78, 5) is 25.1. The lowest BCUT2D eigenvalue weighted by molar-refractivity contribution is -0.384. The Bertz CT molecular complexity index is 911. The highest BCUT2D eigenvalue weighted by Gasteiger charge is 2.22. The fraction of sp³-hybridized carbons (Fsp3) is 0. The molecule has 3 aromatic carbocycles. The molecule has 0 unspecified atom stereocenters. The lowest BCUT2D eigenvalue weighted by Gasteiger charge is -2.23. The summed E-state index contributed by atoms with van der Waals surface area (Å²) in [5.74, 6) is -0.229. The third-order valence-electron chi connectivity index (χ3n) is 3.64. The van der Waals surface area contributed by atoms with Gasteiger partial charge in [0.05, 0.1) is 10.5 Å². The van der Waals surface area contributed by atoms with Crippen LogP contribution in [0.4, 0.5) is 17.1 Å². The number of rotatable bonds is 4. The van der Waals surface area contributed by atoms with Crippen LogP contribution < -0.4 is 4.90 Å². The highest BCUT2D eigenvalue weighted by molar-refractivity contribution is 9.10. The quantitative estimate of drug-likeness (QED) is 0.441. The summed E-state index contributed by atoms with van der Waals surface area (Å²) in [6, 6.07) is 22.2. The molecule has 0 heterocycles. The minimum atomic E-state index is -0.466. The van der Waals surface area contributed by atoms with Gasteiger partial charge in [0.2, 0.25) is 0 Å². The highest BCUT2D eigenvalue weighted by Crippen LogP contribution is 2.30. The van der Waals surface area contributed by atoms with E-state index in [9.17, 15) is 14.9 Å². The van der Waals surface area contributed by atoms with Crippen molar-refractivity contribution in [2.75, 3.05) is 4.90 Å². The van der Waals surface area contributed by atoms with Crippen LogP contribution in [0.2, 0.25) is 0 Å². The van der Waals surface area contributed by atoms with Crippen molar-refractivity contribution in [1.29, 1.82) is 0 Å². The van der Waals surface area contributed by atoms with Gasteiger partial charge in [-0.25, -0.2) is 0 Å². The number of non-ortho nitro benzene ring substituents is 1. The van der Waals surface area contributed by atoms with E-state index in [0.717, 1.165) is 0 Å². The maximum absolute atomic E-state index is 13.1. The van der Waals surface area contributed by atoms with E-state index in [4.69, 9.17) is 0 Å². The fourth-order valence-corrected chi connectivity index (χ4v) is 2.89. The Labute approximate surface area is 152 Å². The molecule has 0 aliphatic rings. The van der Waals surface area contributed by atoms with E-state index in [-0.39, 0.29) is 11.6 Å². The van der Waals surface area contributed by atoms with Gasteiger partial charge in [-0.2, -0.15) is 0 Å². The van der Waals surface area contributed by atoms with Crippen molar-refractivity contribution in [3.05, 3.63) is 99.0 Å². The van der Waals surface area contributed by atoms with Crippen LogP contribution in [0.1, 0.15) is 10.4 Å². The Morgan fingerprint density at radius 1 is 0.840 bits per heavy atom. The van der Waals surface area contributed by atoms with Crippen molar-refractivity contribution >= 4 is 38.9 Å². The van der Waals surface area contributed by atoms with Gasteiger partial charge in [-0.05, 0) is 52.3 Å². The zero-order chi connectivity index (χ0) is 17.8. The summed E-state index contributed by atoms with van der Waals surface area (Å²) in [5.41, 5.74) is 1.71. The summed E-state index contributed by atoms with van der Waals surface area (Å²) in [7, 11) is 0. The highest BCUT2D eigenvalue weighted by atomic mass is 79.9. The Hall–Kier alpha value is -2.99. The molecule has 0 N–H and O–H groups in total. The van der Waals surface area contributed by atoms with Crippen molar-refractivity contribution in [3.8, 4) is 0 Å². The van der Waals surface area contributed by atoms with Gasteiger partial charge in [0, 0.05) is 28.0 Å². The SMILES string of the molecule is O=C(c1ccccc1Br)N(c1ccccc1)c1ccc([N+](=O)[O-])cc1. The number of halogens is 1. The Kier molecular flexibility index (Phi) is 4.90. The second-order valence-corrected chi connectivity index (χ2v) is 6.08. The van der Waals surface area contributed by atoms with E-state index >= 15 is 0 Å². The monoisotopic (exact) mass is 396 g/mol. The van der Waals surface area contributed by atoms with Crippen LogP contribution in [0.25, 0.3) is 0 Å². The Morgan fingerprint density at radius 3 is 2.00 bits per heavy atom. The number of carbonyl (C=O) groups excluding carboxylic acids is 1. The van der Waals surface area contributed by atoms with Gasteiger partial charge in [-0.15, -0.1) is 0 Å². The summed E-state index contributed by atoms with van der Waals surface area (Å²) in [6.45, 7) is 0. The van der Waals surface area contributed by atoms with Crippen molar-refractivity contribution in [2.24, 2.45) is 0 Å². The largest absolute Gasteiger partial charge is 0.277 e. The minimum Gasteiger partial charge on any atom is -0.277 e. The van der Waals surface area contributed by atoms with Crippen LogP contribution in [0.15, 0.2) is 83.3 Å². The van der Waals surface area contributed by atoms with Gasteiger partial charge in [0.15, 0.2) is 0 Å². The normalized spacial score (nSPS) is 10.3. The molecule has 0 fully saturated rings. The molecule has 124 valence electrons. The Morgan fingerprint density at radius 2 is 1.40 bits per heavy atom. The average Bonchev–Trinajstić information content (AvgIpc) is 2.63. The van der Waals surface area contributed by atoms with Crippen molar-refractivity contribution in [2.45, 2.75) is 0 Å². The maximum Gasteiger partial charge on any atom is 0.269 e. The molecule has 0 aliphatic heterocycles. The number of carbonyl (C=O) groups is 1. The van der Waals surface area contributed by atoms with Crippen LogP contribution in [0.3, 0.4) is 0 Å². The number of nitro groups is 1. The molecule has 1 amide bonds. The van der Waals surface area contributed by atoms with E-state index in [1.807, 2.05) is 36.4 Å². The first kappa shape index (κ1) is 16.9. The molecule has 0 radical (unpaired) electrons. The van der Waals surface area contributed by atoms with Gasteiger partial charge in [0.1, 0.15) is 0 Å². The molecule has 6 heteroatoms. The lowest BCUT2D eigenvalue weighted by atomic mass is 10.1. The molecule has 0 bridgehead atoms. The second-order valence-electron chi connectivity index (χ2n) is 5.23. The number of hydrogen-bond acceptors (Lipinski definition) is 3. The molecule has 0 atom stereocenters. The van der Waals surface area contributed by atoms with Crippen molar-refractivity contribution in [3.63, 3.8) is 0 Å². The van der Waals surface area contributed by atoms with E-state index in [0.29, 0.717) is 21.4 Å². The zero-order valence-electron chi connectivity index (χ0n) is 13.0. The van der Waals surface area contributed by atoms with E-state index in [1.165, 1.54) is 17.0 Å². The third-order valence-corrected chi connectivity index (χ3v) is 4.33. The molecule has 5 nitrogen and oxygen atoms in total. The van der Waals surface area contributed by atoms with E-state index in [1.54, 1.807) is 30.3 Å². The second kappa shape index (κ2) is 7.27. The van der Waals surface area contributed by atoms with Gasteiger partial charge in [-0.3, -0.25) is 19.8 Å². The number of para-hydroxylation sites is 1. The van der Waals surface area contributed by atoms with Gasteiger partial charge in [0.25, 0.3) is 11.6 Å². The lowest BCUT2D eigenvalue weighted by Crippen LogP contribution is -2.26. The zero-order valence-corrected chi connectivity index (χ0v) is 14.6. The van der Waals surface area contributed by atoms with E-state index < -0.39 is 4.92 Å². The first-order valence-corrected chi connectivity index (χ1v) is 8.26. The molecular weight excluding hydrogens is 384 g/mol. The van der Waals surface area contributed by atoms with Crippen molar-refractivity contribution in [1.82, 2.24) is 0 Å². The van der Waals surface area contributed by atoms with E-state index in [2.05, 4.69) is 15.9 Å². The molecule has 0 aromatic heterocycles.